The van der Waals surface area contributed by atoms with Gasteiger partial charge < -0.3 is 10.6 Å². The van der Waals surface area contributed by atoms with E-state index in [0.29, 0.717) is 16.4 Å². The molecule has 0 bridgehead atoms. The number of nitrogens with zero attached hydrogens (tertiary/aromatic N) is 3. The molecule has 0 fully saturated rings. The Balaban J connectivity index is 1.66. The van der Waals surface area contributed by atoms with E-state index in [0.717, 1.165) is 17.1 Å². The molecule has 3 aromatic rings. The Morgan fingerprint density at radius 3 is 2.43 bits per heavy atom. The fourth-order valence-corrected chi connectivity index (χ4v) is 3.50. The van der Waals surface area contributed by atoms with Crippen LogP contribution in [0.5, 0.6) is 0 Å². The lowest BCUT2D eigenvalue weighted by Gasteiger charge is -2.11. The van der Waals surface area contributed by atoms with E-state index in [2.05, 4.69) is 20.8 Å². The Morgan fingerprint density at radius 2 is 1.75 bits per heavy atom. The third-order valence-electron chi connectivity index (χ3n) is 4.14. The van der Waals surface area contributed by atoms with Crippen LogP contribution in [0.2, 0.25) is 0 Å². The average molecular weight is 395 g/mol. The Bertz CT molecular complexity index is 998. The quantitative estimate of drug-likeness (QED) is 0.627. The Hall–Kier alpha value is -3.13. The van der Waals surface area contributed by atoms with Crippen molar-refractivity contribution in [3.8, 4) is 5.69 Å². The van der Waals surface area contributed by atoms with Gasteiger partial charge in [-0.3, -0.25) is 14.2 Å². The van der Waals surface area contributed by atoms with Crippen LogP contribution in [0.3, 0.4) is 0 Å². The van der Waals surface area contributed by atoms with Crippen LogP contribution in [0.1, 0.15) is 21.7 Å². The molecule has 8 heteroatoms. The summed E-state index contributed by atoms with van der Waals surface area (Å²) >= 11 is 1.32. The van der Waals surface area contributed by atoms with Crippen LogP contribution in [0.4, 0.5) is 5.69 Å². The van der Waals surface area contributed by atoms with Gasteiger partial charge in [-0.15, -0.1) is 10.2 Å². The van der Waals surface area contributed by atoms with Gasteiger partial charge in [0.1, 0.15) is 5.82 Å². The van der Waals surface area contributed by atoms with Gasteiger partial charge in [-0.25, -0.2) is 0 Å². The van der Waals surface area contributed by atoms with Crippen LogP contribution in [-0.4, -0.2) is 39.4 Å². The molecular weight excluding hydrogens is 374 g/mol. The number of thioether (sulfide) groups is 1. The van der Waals surface area contributed by atoms with E-state index < -0.39 is 0 Å². The largest absolute Gasteiger partial charge is 0.355 e. The summed E-state index contributed by atoms with van der Waals surface area (Å²) in [5.74, 6) is 0.636. The second-order valence-electron chi connectivity index (χ2n) is 6.15. The van der Waals surface area contributed by atoms with Crippen molar-refractivity contribution in [3.05, 3.63) is 65.5 Å². The number of carbonyl (C=O) groups excluding carboxylic acids is 2. The molecule has 7 nitrogen and oxygen atoms in total. The minimum Gasteiger partial charge on any atom is -0.355 e. The molecule has 0 aliphatic rings. The third-order valence-corrected chi connectivity index (χ3v) is 5.07. The lowest BCUT2D eigenvalue weighted by Crippen LogP contribution is -2.18. The van der Waals surface area contributed by atoms with Crippen molar-refractivity contribution in [2.24, 2.45) is 0 Å². The number of nitrogens with one attached hydrogen (secondary N) is 2. The van der Waals surface area contributed by atoms with Gasteiger partial charge in [0.25, 0.3) is 5.91 Å². The Morgan fingerprint density at radius 1 is 1.04 bits per heavy atom. The molecule has 0 saturated heterocycles. The highest BCUT2D eigenvalue weighted by Gasteiger charge is 2.15. The fraction of sp³-hybridized carbons (Fsp3) is 0.200. The Labute approximate surface area is 167 Å². The van der Waals surface area contributed by atoms with E-state index in [-0.39, 0.29) is 17.6 Å². The fourth-order valence-electron chi connectivity index (χ4n) is 2.70. The van der Waals surface area contributed by atoms with Crippen molar-refractivity contribution in [2.45, 2.75) is 19.0 Å². The molecule has 0 atom stereocenters. The van der Waals surface area contributed by atoms with Gasteiger partial charge in [0.15, 0.2) is 5.16 Å². The van der Waals surface area contributed by atoms with Gasteiger partial charge in [-0.2, -0.15) is 0 Å². The van der Waals surface area contributed by atoms with Crippen LogP contribution < -0.4 is 10.6 Å². The van der Waals surface area contributed by atoms with Crippen molar-refractivity contribution in [3.63, 3.8) is 0 Å². The number of carbonyl (C=O) groups is 2. The molecule has 0 unspecified atom stereocenters. The number of para-hydroxylation sites is 1. The lowest BCUT2D eigenvalue weighted by molar-refractivity contribution is -0.113. The molecule has 28 heavy (non-hydrogen) atoms. The summed E-state index contributed by atoms with van der Waals surface area (Å²) < 4.78 is 1.95. The summed E-state index contributed by atoms with van der Waals surface area (Å²) in [6.45, 7) is 3.91. The molecule has 0 aliphatic carbocycles. The number of rotatable bonds is 6. The molecule has 0 radical (unpaired) electrons. The summed E-state index contributed by atoms with van der Waals surface area (Å²) in [7, 11) is 1.58. The highest BCUT2D eigenvalue weighted by atomic mass is 32.2. The van der Waals surface area contributed by atoms with Crippen LogP contribution in [-0.2, 0) is 4.79 Å². The molecular formula is C20H21N5O2S. The molecule has 0 spiro atoms. The number of hydrogen-bond acceptors (Lipinski definition) is 5. The van der Waals surface area contributed by atoms with Gasteiger partial charge in [-0.1, -0.05) is 30.0 Å². The summed E-state index contributed by atoms with van der Waals surface area (Å²) in [4.78, 5) is 23.9. The molecule has 2 N–H and O–H groups in total. The maximum absolute atomic E-state index is 12.3. The van der Waals surface area contributed by atoms with Crippen molar-refractivity contribution < 1.29 is 9.59 Å². The molecule has 2 amide bonds. The summed E-state index contributed by atoms with van der Waals surface area (Å²) in [5, 5.41) is 14.4. The molecule has 0 aliphatic heterocycles. The lowest BCUT2D eigenvalue weighted by atomic mass is 10.2. The molecule has 1 heterocycles. The highest BCUT2D eigenvalue weighted by molar-refractivity contribution is 7.99. The van der Waals surface area contributed by atoms with E-state index in [1.54, 1.807) is 31.3 Å². The normalized spacial score (nSPS) is 10.5. The average Bonchev–Trinajstić information content (AvgIpc) is 3.07. The smallest absolute Gasteiger partial charge is 0.251 e. The second-order valence-corrected chi connectivity index (χ2v) is 7.09. The number of amides is 2. The monoisotopic (exact) mass is 395 g/mol. The summed E-state index contributed by atoms with van der Waals surface area (Å²) in [6, 6.07) is 14.7. The molecule has 144 valence electrons. The highest BCUT2D eigenvalue weighted by Crippen LogP contribution is 2.24. The molecule has 3 rings (SSSR count). The van der Waals surface area contributed by atoms with Gasteiger partial charge in [0.2, 0.25) is 5.91 Å². The summed E-state index contributed by atoms with van der Waals surface area (Å²) in [6.07, 6.45) is 0. The van der Waals surface area contributed by atoms with Crippen molar-refractivity contribution in [1.82, 2.24) is 20.1 Å². The van der Waals surface area contributed by atoms with E-state index in [1.165, 1.54) is 11.8 Å². The minimum absolute atomic E-state index is 0.158. The van der Waals surface area contributed by atoms with Crippen LogP contribution in [0.25, 0.3) is 5.69 Å². The zero-order chi connectivity index (χ0) is 20.1. The van der Waals surface area contributed by atoms with Crippen molar-refractivity contribution >= 4 is 29.3 Å². The number of anilines is 1. The van der Waals surface area contributed by atoms with Crippen molar-refractivity contribution in [1.29, 1.82) is 0 Å². The zero-order valence-electron chi connectivity index (χ0n) is 15.9. The number of aryl methyl sites for hydroxylation is 2. The van der Waals surface area contributed by atoms with E-state index >= 15 is 0 Å². The number of aromatic nitrogens is 3. The van der Waals surface area contributed by atoms with Crippen molar-refractivity contribution in [2.75, 3.05) is 18.1 Å². The topological polar surface area (TPSA) is 88.9 Å². The predicted molar refractivity (Wildman–Crippen MR) is 110 cm³/mol. The standard InChI is InChI=1S/C20H21N5O2S/c1-13-6-4-5-7-17(13)25-14(2)23-24-20(25)28-12-18(26)22-16-10-8-15(9-11-16)19(27)21-3/h4-11H,12H2,1-3H3,(H,21,27)(H,22,26). The molecule has 0 saturated carbocycles. The third kappa shape index (κ3) is 4.40. The van der Waals surface area contributed by atoms with E-state index in [4.69, 9.17) is 0 Å². The van der Waals surface area contributed by atoms with Gasteiger partial charge in [0, 0.05) is 18.3 Å². The van der Waals surface area contributed by atoms with Gasteiger partial charge >= 0.3 is 0 Å². The van der Waals surface area contributed by atoms with Crippen LogP contribution >= 0.6 is 11.8 Å². The summed E-state index contributed by atoms with van der Waals surface area (Å²) in [5.41, 5.74) is 3.28. The zero-order valence-corrected chi connectivity index (χ0v) is 16.7. The van der Waals surface area contributed by atoms with E-state index in [1.807, 2.05) is 42.7 Å². The van der Waals surface area contributed by atoms with Crippen LogP contribution in [0, 0.1) is 13.8 Å². The maximum Gasteiger partial charge on any atom is 0.251 e. The Kier molecular flexibility index (Phi) is 6.10. The number of benzene rings is 2. The van der Waals surface area contributed by atoms with Gasteiger partial charge in [0.05, 0.1) is 11.4 Å². The first-order valence-corrected chi connectivity index (χ1v) is 9.71. The van der Waals surface area contributed by atoms with Crippen LogP contribution in [0.15, 0.2) is 53.7 Å². The first-order valence-electron chi connectivity index (χ1n) is 8.72. The maximum atomic E-state index is 12.3. The SMILES string of the molecule is CNC(=O)c1ccc(NC(=O)CSc2nnc(C)n2-c2ccccc2C)cc1. The van der Waals surface area contributed by atoms with E-state index in [9.17, 15) is 9.59 Å². The predicted octanol–water partition coefficient (Wildman–Crippen LogP) is 2.97. The first-order chi connectivity index (χ1) is 13.5. The second kappa shape index (κ2) is 8.71. The first kappa shape index (κ1) is 19.6. The molecule has 2 aromatic carbocycles. The minimum atomic E-state index is -0.167. The molecule has 1 aromatic heterocycles. The van der Waals surface area contributed by atoms with Gasteiger partial charge in [-0.05, 0) is 49.7 Å². The number of hydrogen-bond donors (Lipinski definition) is 2.